The van der Waals surface area contributed by atoms with Crippen LogP contribution in [-0.2, 0) is 11.3 Å². The van der Waals surface area contributed by atoms with Crippen LogP contribution in [-0.4, -0.2) is 58.6 Å². The zero-order chi connectivity index (χ0) is 12.1. The molecule has 0 aromatic carbocycles. The van der Waals surface area contributed by atoms with Gasteiger partial charge in [-0.1, -0.05) is 5.16 Å². The van der Waals surface area contributed by atoms with Crippen LogP contribution in [0.5, 0.6) is 0 Å². The number of hydrogen-bond acceptors (Lipinski definition) is 6. The van der Waals surface area contributed by atoms with Gasteiger partial charge in [0, 0.05) is 13.1 Å². The number of primary amides is 1. The van der Waals surface area contributed by atoms with E-state index in [1.54, 1.807) is 0 Å². The van der Waals surface area contributed by atoms with Crippen molar-refractivity contribution in [3.05, 3.63) is 12.2 Å². The first-order chi connectivity index (χ1) is 8.24. The summed E-state index contributed by atoms with van der Waals surface area (Å²) >= 11 is 0. The molecule has 2 N–H and O–H groups in total. The fourth-order valence-electron chi connectivity index (χ4n) is 2.02. The number of aromatic nitrogens is 2. The van der Waals surface area contributed by atoms with Gasteiger partial charge in [-0.3, -0.25) is 14.6 Å². The third-order valence-corrected chi connectivity index (χ3v) is 2.83. The average Bonchev–Trinajstić information content (AvgIpc) is 2.68. The van der Waals surface area contributed by atoms with Gasteiger partial charge in [0.05, 0.1) is 13.1 Å². The minimum absolute atomic E-state index is 0.268. The highest BCUT2D eigenvalue weighted by Gasteiger charge is 2.17. The predicted octanol–water partition coefficient (Wildman–Crippen LogP) is -0.937. The first-order valence-corrected chi connectivity index (χ1v) is 5.72. The highest BCUT2D eigenvalue weighted by molar-refractivity contribution is 5.75. The predicted molar refractivity (Wildman–Crippen MR) is 59.8 cm³/mol. The Balaban J connectivity index is 1.81. The Morgan fingerprint density at radius 3 is 2.82 bits per heavy atom. The molecular formula is C10H17N5O2. The summed E-state index contributed by atoms with van der Waals surface area (Å²) in [7, 11) is 0. The van der Waals surface area contributed by atoms with Crippen molar-refractivity contribution in [1.82, 2.24) is 19.9 Å². The Morgan fingerprint density at radius 2 is 2.12 bits per heavy atom. The molecule has 17 heavy (non-hydrogen) atoms. The summed E-state index contributed by atoms with van der Waals surface area (Å²) < 4.78 is 4.98. The lowest BCUT2D eigenvalue weighted by Crippen LogP contribution is -2.36. The minimum Gasteiger partial charge on any atom is -0.369 e. The van der Waals surface area contributed by atoms with Gasteiger partial charge in [-0.05, 0) is 19.5 Å². The van der Waals surface area contributed by atoms with Crippen molar-refractivity contribution in [3.63, 3.8) is 0 Å². The second-order valence-electron chi connectivity index (χ2n) is 4.21. The molecule has 0 spiro atoms. The van der Waals surface area contributed by atoms with Gasteiger partial charge < -0.3 is 10.3 Å². The van der Waals surface area contributed by atoms with E-state index in [9.17, 15) is 4.79 Å². The zero-order valence-corrected chi connectivity index (χ0v) is 9.71. The van der Waals surface area contributed by atoms with Gasteiger partial charge in [0.2, 0.25) is 11.8 Å². The van der Waals surface area contributed by atoms with Gasteiger partial charge in [0.1, 0.15) is 0 Å². The maximum Gasteiger partial charge on any atom is 0.240 e. The molecule has 7 heteroatoms. The van der Waals surface area contributed by atoms with Crippen LogP contribution in [0.3, 0.4) is 0 Å². The number of rotatable bonds is 4. The van der Waals surface area contributed by atoms with Crippen molar-refractivity contribution in [3.8, 4) is 0 Å². The lowest BCUT2D eigenvalue weighted by atomic mass is 10.3. The van der Waals surface area contributed by atoms with E-state index in [1.807, 2.05) is 0 Å². The average molecular weight is 239 g/mol. The molecule has 1 aromatic heterocycles. The fraction of sp³-hybridized carbons (Fsp3) is 0.700. The molecule has 7 nitrogen and oxygen atoms in total. The summed E-state index contributed by atoms with van der Waals surface area (Å²) in [4.78, 5) is 19.2. The Bertz CT molecular complexity index is 354. The summed E-state index contributed by atoms with van der Waals surface area (Å²) in [5, 5.41) is 3.58. The van der Waals surface area contributed by atoms with Crippen molar-refractivity contribution in [1.29, 1.82) is 0 Å². The van der Waals surface area contributed by atoms with Crippen LogP contribution in [0.1, 0.15) is 12.3 Å². The number of nitrogens with two attached hydrogens (primary N) is 1. The van der Waals surface area contributed by atoms with Crippen LogP contribution in [0.15, 0.2) is 10.9 Å². The van der Waals surface area contributed by atoms with E-state index in [0.29, 0.717) is 19.0 Å². The van der Waals surface area contributed by atoms with Crippen LogP contribution in [0.4, 0.5) is 0 Å². The summed E-state index contributed by atoms with van der Waals surface area (Å²) in [6.07, 6.45) is 2.42. The molecule has 0 aliphatic carbocycles. The molecule has 0 saturated carbocycles. The van der Waals surface area contributed by atoms with E-state index in [1.165, 1.54) is 6.33 Å². The van der Waals surface area contributed by atoms with E-state index >= 15 is 0 Å². The van der Waals surface area contributed by atoms with Crippen molar-refractivity contribution in [2.24, 2.45) is 5.73 Å². The van der Waals surface area contributed by atoms with Crippen molar-refractivity contribution < 1.29 is 9.32 Å². The molecule has 1 amide bonds. The molecule has 94 valence electrons. The molecule has 2 rings (SSSR count). The molecule has 0 bridgehead atoms. The topological polar surface area (TPSA) is 88.5 Å². The number of carbonyl (C=O) groups excluding carboxylic acids is 1. The molecule has 1 fully saturated rings. The molecule has 1 aromatic rings. The Morgan fingerprint density at radius 1 is 1.35 bits per heavy atom. The molecule has 0 radical (unpaired) electrons. The zero-order valence-electron chi connectivity index (χ0n) is 9.71. The third kappa shape index (κ3) is 3.79. The van der Waals surface area contributed by atoms with E-state index in [0.717, 1.165) is 32.6 Å². The van der Waals surface area contributed by atoms with E-state index in [2.05, 4.69) is 19.9 Å². The van der Waals surface area contributed by atoms with Gasteiger partial charge in [-0.2, -0.15) is 4.98 Å². The molecule has 1 saturated heterocycles. The van der Waals surface area contributed by atoms with Crippen LogP contribution < -0.4 is 5.73 Å². The SMILES string of the molecule is NC(=O)CN1CCCN(Cc2ncno2)CC1. The quantitative estimate of drug-likeness (QED) is 0.729. The van der Waals surface area contributed by atoms with Crippen LogP contribution in [0, 0.1) is 0 Å². The van der Waals surface area contributed by atoms with Crippen molar-refractivity contribution >= 4 is 5.91 Å². The first-order valence-electron chi connectivity index (χ1n) is 5.72. The Hall–Kier alpha value is -1.47. The van der Waals surface area contributed by atoms with Gasteiger partial charge in [0.25, 0.3) is 0 Å². The number of carbonyl (C=O) groups is 1. The highest BCUT2D eigenvalue weighted by Crippen LogP contribution is 2.06. The maximum absolute atomic E-state index is 10.9. The second-order valence-corrected chi connectivity index (χ2v) is 4.21. The standard InChI is InChI=1S/C10H17N5O2/c11-9(16)6-14-2-1-3-15(5-4-14)7-10-12-8-13-17-10/h8H,1-7H2,(H2,11,16). The van der Waals surface area contributed by atoms with Gasteiger partial charge in [-0.25, -0.2) is 0 Å². The summed E-state index contributed by atoms with van der Waals surface area (Å²) in [5.74, 6) is 0.365. The van der Waals surface area contributed by atoms with Crippen LogP contribution in [0.2, 0.25) is 0 Å². The van der Waals surface area contributed by atoms with Gasteiger partial charge >= 0.3 is 0 Å². The molecule has 1 aliphatic heterocycles. The van der Waals surface area contributed by atoms with Gasteiger partial charge in [0.15, 0.2) is 6.33 Å². The largest absolute Gasteiger partial charge is 0.369 e. The first kappa shape index (κ1) is 12.0. The van der Waals surface area contributed by atoms with Crippen LogP contribution >= 0.6 is 0 Å². The monoisotopic (exact) mass is 239 g/mol. The summed E-state index contributed by atoms with van der Waals surface area (Å²) in [5.41, 5.74) is 5.19. The fourth-order valence-corrected chi connectivity index (χ4v) is 2.02. The molecule has 0 unspecified atom stereocenters. The van der Waals surface area contributed by atoms with Gasteiger partial charge in [-0.15, -0.1) is 0 Å². The summed E-state index contributed by atoms with van der Waals surface area (Å²) in [6.45, 7) is 4.62. The molecule has 2 heterocycles. The minimum atomic E-state index is -0.268. The number of nitrogens with zero attached hydrogens (tertiary/aromatic N) is 4. The highest BCUT2D eigenvalue weighted by atomic mass is 16.5. The normalized spacial score (nSPS) is 19.1. The van der Waals surface area contributed by atoms with Crippen LogP contribution in [0.25, 0.3) is 0 Å². The lowest BCUT2D eigenvalue weighted by molar-refractivity contribution is -0.119. The van der Waals surface area contributed by atoms with E-state index in [-0.39, 0.29) is 5.91 Å². The number of hydrogen-bond donors (Lipinski definition) is 1. The Kier molecular flexibility index (Phi) is 4.05. The summed E-state index contributed by atoms with van der Waals surface area (Å²) in [6, 6.07) is 0. The van der Waals surface area contributed by atoms with Crippen molar-refractivity contribution in [2.75, 3.05) is 32.7 Å². The van der Waals surface area contributed by atoms with E-state index in [4.69, 9.17) is 10.3 Å². The lowest BCUT2D eigenvalue weighted by Gasteiger charge is -2.19. The maximum atomic E-state index is 10.9. The second kappa shape index (κ2) is 5.74. The number of amides is 1. The molecule has 0 atom stereocenters. The third-order valence-electron chi connectivity index (χ3n) is 2.83. The molecule has 1 aliphatic rings. The van der Waals surface area contributed by atoms with E-state index < -0.39 is 0 Å². The Labute approximate surface area is 99.6 Å². The van der Waals surface area contributed by atoms with Crippen molar-refractivity contribution in [2.45, 2.75) is 13.0 Å². The smallest absolute Gasteiger partial charge is 0.240 e. The molecular weight excluding hydrogens is 222 g/mol.